The highest BCUT2D eigenvalue weighted by Gasteiger charge is 2.32. The Morgan fingerprint density at radius 2 is 1.89 bits per heavy atom. The van der Waals surface area contributed by atoms with Crippen LogP contribution in [0.3, 0.4) is 0 Å². The van der Waals surface area contributed by atoms with Crippen molar-refractivity contribution in [2.24, 2.45) is 5.41 Å². The quantitative estimate of drug-likeness (QED) is 0.801. The van der Waals surface area contributed by atoms with E-state index in [0.29, 0.717) is 6.61 Å². The largest absolute Gasteiger partial charge is 0.396 e. The van der Waals surface area contributed by atoms with E-state index in [4.69, 9.17) is 0 Å². The first kappa shape index (κ1) is 15.3. The van der Waals surface area contributed by atoms with Crippen molar-refractivity contribution >= 4 is 0 Å². The highest BCUT2D eigenvalue weighted by molar-refractivity contribution is 4.88. The Bertz CT molecular complexity index is 265. The molecule has 3 heteroatoms. The predicted molar refractivity (Wildman–Crippen MR) is 80.4 cm³/mol. The highest BCUT2D eigenvalue weighted by atomic mass is 16.3. The van der Waals surface area contributed by atoms with Gasteiger partial charge < -0.3 is 10.0 Å². The Labute approximate surface area is 119 Å². The lowest BCUT2D eigenvalue weighted by Gasteiger charge is -2.34. The van der Waals surface area contributed by atoms with Gasteiger partial charge in [-0.25, -0.2) is 0 Å². The third-order valence-corrected chi connectivity index (χ3v) is 5.00. The van der Waals surface area contributed by atoms with E-state index in [0.717, 1.165) is 19.0 Å². The Hall–Kier alpha value is -0.120. The Morgan fingerprint density at radius 1 is 1.16 bits per heavy atom. The van der Waals surface area contributed by atoms with Crippen molar-refractivity contribution in [3.8, 4) is 0 Å². The molecule has 0 bridgehead atoms. The highest BCUT2D eigenvalue weighted by Crippen LogP contribution is 2.27. The van der Waals surface area contributed by atoms with Gasteiger partial charge in [-0.1, -0.05) is 26.7 Å². The smallest absolute Gasteiger partial charge is 0.0497 e. The number of nitrogens with zero attached hydrogens (tertiary/aromatic N) is 2. The van der Waals surface area contributed by atoms with Gasteiger partial charge in [-0.2, -0.15) is 0 Å². The zero-order valence-corrected chi connectivity index (χ0v) is 12.9. The van der Waals surface area contributed by atoms with E-state index < -0.39 is 0 Å². The molecule has 2 rings (SSSR count). The monoisotopic (exact) mass is 268 g/mol. The van der Waals surface area contributed by atoms with Crippen molar-refractivity contribution in [1.29, 1.82) is 0 Å². The first-order valence-corrected chi connectivity index (χ1v) is 8.24. The summed E-state index contributed by atoms with van der Waals surface area (Å²) in [5, 5.41) is 9.65. The van der Waals surface area contributed by atoms with E-state index >= 15 is 0 Å². The van der Waals surface area contributed by atoms with Crippen molar-refractivity contribution < 1.29 is 5.11 Å². The molecule has 112 valence electrons. The molecule has 2 fully saturated rings. The number of hydrogen-bond acceptors (Lipinski definition) is 3. The van der Waals surface area contributed by atoms with Crippen molar-refractivity contribution in [2.45, 2.75) is 58.4 Å². The summed E-state index contributed by atoms with van der Waals surface area (Å²) in [4.78, 5) is 5.30. The topological polar surface area (TPSA) is 26.7 Å². The molecule has 0 aromatic heterocycles. The maximum atomic E-state index is 9.65. The number of aliphatic hydroxyl groups is 1. The fourth-order valence-electron chi connectivity index (χ4n) is 3.89. The van der Waals surface area contributed by atoms with Crippen LogP contribution in [0.15, 0.2) is 0 Å². The minimum absolute atomic E-state index is 0.103. The van der Waals surface area contributed by atoms with Crippen LogP contribution in [-0.4, -0.2) is 60.3 Å². The van der Waals surface area contributed by atoms with Gasteiger partial charge in [0.05, 0.1) is 0 Å². The number of aliphatic hydroxyl groups excluding tert-OH is 1. The third-order valence-electron chi connectivity index (χ3n) is 5.00. The summed E-state index contributed by atoms with van der Waals surface area (Å²) < 4.78 is 0. The summed E-state index contributed by atoms with van der Waals surface area (Å²) in [5.41, 5.74) is 0.103. The van der Waals surface area contributed by atoms with E-state index in [1.54, 1.807) is 0 Å². The van der Waals surface area contributed by atoms with Gasteiger partial charge in [0.2, 0.25) is 0 Å². The van der Waals surface area contributed by atoms with E-state index in [9.17, 15) is 5.11 Å². The molecule has 2 atom stereocenters. The fraction of sp³-hybridized carbons (Fsp3) is 1.00. The lowest BCUT2D eigenvalue weighted by atomic mass is 9.86. The zero-order chi connectivity index (χ0) is 13.7. The minimum atomic E-state index is 0.103. The van der Waals surface area contributed by atoms with Gasteiger partial charge in [0.1, 0.15) is 0 Å². The Kier molecular flexibility index (Phi) is 5.67. The molecule has 0 saturated carbocycles. The number of piperidine rings is 1. The van der Waals surface area contributed by atoms with Gasteiger partial charge >= 0.3 is 0 Å². The summed E-state index contributed by atoms with van der Waals surface area (Å²) in [6.07, 6.45) is 7.83. The first-order chi connectivity index (χ1) is 9.17. The van der Waals surface area contributed by atoms with Crippen molar-refractivity contribution in [2.75, 3.05) is 39.3 Å². The molecule has 0 aromatic carbocycles. The summed E-state index contributed by atoms with van der Waals surface area (Å²) in [5.74, 6) is 0. The van der Waals surface area contributed by atoms with E-state index in [-0.39, 0.29) is 5.41 Å². The summed E-state index contributed by atoms with van der Waals surface area (Å²) in [6, 6.07) is 0.782. The van der Waals surface area contributed by atoms with Gasteiger partial charge in [-0.05, 0) is 45.3 Å². The van der Waals surface area contributed by atoms with E-state index in [1.807, 2.05) is 0 Å². The SMILES string of the molecule is CCCC(C)(CO)CN1CCC(N2CCCCC2)C1. The van der Waals surface area contributed by atoms with Crippen LogP contribution in [-0.2, 0) is 0 Å². The Balaban J connectivity index is 1.80. The number of hydrogen-bond donors (Lipinski definition) is 1. The molecule has 2 aliphatic rings. The molecule has 0 amide bonds. The summed E-state index contributed by atoms with van der Waals surface area (Å²) >= 11 is 0. The van der Waals surface area contributed by atoms with Crippen LogP contribution >= 0.6 is 0 Å². The van der Waals surface area contributed by atoms with Gasteiger partial charge in [-0.3, -0.25) is 4.90 Å². The predicted octanol–water partition coefficient (Wildman–Crippen LogP) is 2.35. The van der Waals surface area contributed by atoms with Crippen LogP contribution in [0.5, 0.6) is 0 Å². The molecule has 3 nitrogen and oxygen atoms in total. The lowest BCUT2D eigenvalue weighted by molar-refractivity contribution is 0.0836. The van der Waals surface area contributed by atoms with Crippen LogP contribution in [0.25, 0.3) is 0 Å². The molecule has 2 unspecified atom stereocenters. The lowest BCUT2D eigenvalue weighted by Crippen LogP contribution is -2.42. The van der Waals surface area contributed by atoms with E-state index in [1.165, 1.54) is 58.3 Å². The van der Waals surface area contributed by atoms with Gasteiger partial charge in [0.25, 0.3) is 0 Å². The van der Waals surface area contributed by atoms with E-state index in [2.05, 4.69) is 23.6 Å². The molecule has 0 spiro atoms. The molecular weight excluding hydrogens is 236 g/mol. The molecule has 0 aromatic rings. The van der Waals surface area contributed by atoms with Crippen molar-refractivity contribution in [3.05, 3.63) is 0 Å². The molecule has 2 heterocycles. The average molecular weight is 268 g/mol. The molecule has 1 N–H and O–H groups in total. The normalized spacial score (nSPS) is 29.5. The molecule has 2 aliphatic heterocycles. The molecule has 19 heavy (non-hydrogen) atoms. The van der Waals surface area contributed by atoms with Crippen LogP contribution in [0.2, 0.25) is 0 Å². The third kappa shape index (κ3) is 4.17. The Morgan fingerprint density at radius 3 is 2.53 bits per heavy atom. The summed E-state index contributed by atoms with van der Waals surface area (Å²) in [6.45, 7) is 10.9. The second-order valence-electron chi connectivity index (χ2n) is 6.99. The summed E-state index contributed by atoms with van der Waals surface area (Å²) in [7, 11) is 0. The van der Waals surface area contributed by atoms with Gasteiger partial charge in [0, 0.05) is 31.2 Å². The van der Waals surface area contributed by atoms with Crippen LogP contribution in [0, 0.1) is 5.41 Å². The maximum absolute atomic E-state index is 9.65. The maximum Gasteiger partial charge on any atom is 0.0497 e. The standard InChI is InChI=1S/C16H32N2O/c1-3-8-16(2,14-19)13-17-11-7-15(12-17)18-9-5-4-6-10-18/h15,19H,3-14H2,1-2H3. The van der Waals surface area contributed by atoms with Crippen molar-refractivity contribution in [1.82, 2.24) is 9.80 Å². The molecule has 0 aliphatic carbocycles. The zero-order valence-electron chi connectivity index (χ0n) is 12.9. The number of rotatable bonds is 6. The fourth-order valence-corrected chi connectivity index (χ4v) is 3.89. The second-order valence-corrected chi connectivity index (χ2v) is 6.99. The van der Waals surface area contributed by atoms with Gasteiger partial charge in [-0.15, -0.1) is 0 Å². The average Bonchev–Trinajstić information content (AvgIpc) is 2.88. The molecule has 0 radical (unpaired) electrons. The first-order valence-electron chi connectivity index (χ1n) is 8.24. The van der Waals surface area contributed by atoms with Crippen LogP contribution in [0.1, 0.15) is 52.4 Å². The molecule has 2 saturated heterocycles. The van der Waals surface area contributed by atoms with Crippen LogP contribution < -0.4 is 0 Å². The number of likely N-dealkylation sites (tertiary alicyclic amines) is 2. The second kappa shape index (κ2) is 7.05. The minimum Gasteiger partial charge on any atom is -0.396 e. The van der Waals surface area contributed by atoms with Gasteiger partial charge in [0.15, 0.2) is 0 Å². The molecular formula is C16H32N2O. The van der Waals surface area contributed by atoms with Crippen LogP contribution in [0.4, 0.5) is 0 Å². The van der Waals surface area contributed by atoms with Crippen molar-refractivity contribution in [3.63, 3.8) is 0 Å².